The monoisotopic (exact) mass is 195 g/mol. The van der Waals surface area contributed by atoms with E-state index in [-0.39, 0.29) is 6.67 Å². The zero-order chi connectivity index (χ0) is 9.07. The van der Waals surface area contributed by atoms with Gasteiger partial charge in [-0.25, -0.2) is 0 Å². The molecule has 0 heterocycles. The molecule has 0 unspecified atom stereocenters. The van der Waals surface area contributed by atoms with Gasteiger partial charge in [0.2, 0.25) is 0 Å². The predicted molar refractivity (Wildman–Crippen MR) is 52.6 cm³/mol. The van der Waals surface area contributed by atoms with E-state index in [4.69, 9.17) is 11.6 Å². The molecular formula is C9H19ClFN. The molecule has 0 fully saturated rings. The molecule has 0 saturated heterocycles. The average molecular weight is 196 g/mol. The van der Waals surface area contributed by atoms with E-state index in [0.29, 0.717) is 6.42 Å². The number of hydrogen-bond acceptors (Lipinski definition) is 1. The van der Waals surface area contributed by atoms with Crippen molar-refractivity contribution in [3.05, 3.63) is 0 Å². The largest absolute Gasteiger partial charge is 0.317 e. The van der Waals surface area contributed by atoms with Gasteiger partial charge in [-0.05, 0) is 32.4 Å². The molecule has 74 valence electrons. The quantitative estimate of drug-likeness (QED) is 0.441. The van der Waals surface area contributed by atoms with Gasteiger partial charge in [-0.1, -0.05) is 12.8 Å². The minimum atomic E-state index is -0.209. The van der Waals surface area contributed by atoms with Crippen molar-refractivity contribution < 1.29 is 4.39 Å². The number of rotatable bonds is 9. The normalized spacial score (nSPS) is 10.5. The Hall–Kier alpha value is 0.180. The van der Waals surface area contributed by atoms with Crippen LogP contribution >= 0.6 is 11.6 Å². The molecule has 12 heavy (non-hydrogen) atoms. The summed E-state index contributed by atoms with van der Waals surface area (Å²) in [6.07, 6.45) is 5.39. The molecule has 0 spiro atoms. The van der Waals surface area contributed by atoms with Crippen LogP contribution in [0.2, 0.25) is 0 Å². The highest BCUT2D eigenvalue weighted by Gasteiger charge is 1.89. The highest BCUT2D eigenvalue weighted by atomic mass is 35.5. The summed E-state index contributed by atoms with van der Waals surface area (Å²) >= 11 is 5.53. The van der Waals surface area contributed by atoms with Crippen LogP contribution in [0.4, 0.5) is 4.39 Å². The van der Waals surface area contributed by atoms with Gasteiger partial charge in [-0.2, -0.15) is 0 Å². The first-order valence-electron chi connectivity index (χ1n) is 4.74. The number of alkyl halides is 2. The Morgan fingerprint density at radius 1 is 0.917 bits per heavy atom. The Morgan fingerprint density at radius 2 is 1.58 bits per heavy atom. The topological polar surface area (TPSA) is 12.0 Å². The molecule has 0 bridgehead atoms. The minimum absolute atomic E-state index is 0.209. The molecule has 0 aromatic rings. The first-order chi connectivity index (χ1) is 5.91. The van der Waals surface area contributed by atoms with Gasteiger partial charge in [-0.15, -0.1) is 11.6 Å². The summed E-state index contributed by atoms with van der Waals surface area (Å²) in [5, 5.41) is 3.19. The van der Waals surface area contributed by atoms with Gasteiger partial charge in [0.05, 0.1) is 6.67 Å². The van der Waals surface area contributed by atoms with Crippen LogP contribution < -0.4 is 5.32 Å². The maximum atomic E-state index is 11.6. The van der Waals surface area contributed by atoms with Gasteiger partial charge >= 0.3 is 0 Å². The molecule has 0 amide bonds. The van der Waals surface area contributed by atoms with E-state index in [1.165, 1.54) is 19.3 Å². The van der Waals surface area contributed by atoms with E-state index in [1.54, 1.807) is 0 Å². The van der Waals surface area contributed by atoms with E-state index in [9.17, 15) is 4.39 Å². The van der Waals surface area contributed by atoms with Gasteiger partial charge < -0.3 is 5.32 Å². The lowest BCUT2D eigenvalue weighted by Crippen LogP contribution is -2.16. The predicted octanol–water partition coefficient (Wildman–Crippen LogP) is 2.73. The van der Waals surface area contributed by atoms with Gasteiger partial charge in [0.25, 0.3) is 0 Å². The van der Waals surface area contributed by atoms with Crippen molar-refractivity contribution in [2.45, 2.75) is 32.1 Å². The molecule has 0 aromatic heterocycles. The minimum Gasteiger partial charge on any atom is -0.317 e. The van der Waals surface area contributed by atoms with E-state index in [1.807, 2.05) is 0 Å². The van der Waals surface area contributed by atoms with Crippen LogP contribution in [0.25, 0.3) is 0 Å². The van der Waals surface area contributed by atoms with Crippen LogP contribution in [-0.2, 0) is 0 Å². The number of unbranched alkanes of at least 4 members (excludes halogenated alkanes) is 3. The van der Waals surface area contributed by atoms with E-state index >= 15 is 0 Å². The lowest BCUT2D eigenvalue weighted by molar-refractivity contribution is 0.457. The molecule has 1 N–H and O–H groups in total. The number of hydrogen-bond donors (Lipinski definition) is 1. The van der Waals surface area contributed by atoms with E-state index in [0.717, 1.165) is 25.4 Å². The van der Waals surface area contributed by atoms with Crippen molar-refractivity contribution in [1.82, 2.24) is 5.32 Å². The zero-order valence-electron chi connectivity index (χ0n) is 7.62. The molecule has 0 aliphatic heterocycles. The van der Waals surface area contributed by atoms with Crippen LogP contribution in [0.1, 0.15) is 32.1 Å². The van der Waals surface area contributed by atoms with Crippen molar-refractivity contribution in [2.24, 2.45) is 0 Å². The third kappa shape index (κ3) is 10.2. The Labute approximate surface area is 79.7 Å². The van der Waals surface area contributed by atoms with Crippen LogP contribution in [-0.4, -0.2) is 25.6 Å². The smallest absolute Gasteiger partial charge is 0.0906 e. The lowest BCUT2D eigenvalue weighted by atomic mass is 10.2. The van der Waals surface area contributed by atoms with Crippen molar-refractivity contribution in [3.63, 3.8) is 0 Å². The lowest BCUT2D eigenvalue weighted by Gasteiger charge is -2.01. The molecule has 0 atom stereocenters. The summed E-state index contributed by atoms with van der Waals surface area (Å²) < 4.78 is 11.6. The van der Waals surface area contributed by atoms with Gasteiger partial charge in [0.15, 0.2) is 0 Å². The molecule has 0 aliphatic rings. The average Bonchev–Trinajstić information content (AvgIpc) is 2.10. The van der Waals surface area contributed by atoms with Crippen molar-refractivity contribution >= 4 is 11.6 Å². The summed E-state index contributed by atoms with van der Waals surface area (Å²) in [6.45, 7) is 1.62. The first-order valence-corrected chi connectivity index (χ1v) is 5.28. The molecule has 0 saturated carbocycles. The summed E-state index contributed by atoms with van der Waals surface area (Å²) in [5.41, 5.74) is 0. The third-order valence-electron chi connectivity index (χ3n) is 1.72. The van der Waals surface area contributed by atoms with Crippen LogP contribution in [0.3, 0.4) is 0 Å². The maximum absolute atomic E-state index is 11.6. The highest BCUT2D eigenvalue weighted by Crippen LogP contribution is 1.99. The summed E-state index contributed by atoms with van der Waals surface area (Å²) in [4.78, 5) is 0. The standard InChI is InChI=1S/C9H19ClFN/c10-6-3-1-2-4-8-12-9-5-7-11/h12H,1-9H2. The van der Waals surface area contributed by atoms with E-state index < -0.39 is 0 Å². The fourth-order valence-corrected chi connectivity index (χ4v) is 1.20. The second-order valence-electron chi connectivity index (χ2n) is 2.90. The number of nitrogens with one attached hydrogen (secondary N) is 1. The first kappa shape index (κ1) is 12.2. The van der Waals surface area contributed by atoms with Gasteiger partial charge in [0, 0.05) is 5.88 Å². The Bertz CT molecular complexity index is 70.9. The summed E-state index contributed by atoms with van der Waals surface area (Å²) in [5.74, 6) is 0.773. The van der Waals surface area contributed by atoms with Gasteiger partial charge in [0.1, 0.15) is 0 Å². The van der Waals surface area contributed by atoms with Gasteiger partial charge in [-0.3, -0.25) is 4.39 Å². The molecule has 0 aliphatic carbocycles. The molecule has 0 radical (unpaired) electrons. The van der Waals surface area contributed by atoms with Crippen molar-refractivity contribution in [2.75, 3.05) is 25.6 Å². The number of halogens is 2. The highest BCUT2D eigenvalue weighted by molar-refractivity contribution is 6.17. The van der Waals surface area contributed by atoms with E-state index in [2.05, 4.69) is 5.32 Å². The fraction of sp³-hybridized carbons (Fsp3) is 1.00. The van der Waals surface area contributed by atoms with Crippen molar-refractivity contribution in [3.8, 4) is 0 Å². The summed E-state index contributed by atoms with van der Waals surface area (Å²) in [7, 11) is 0. The zero-order valence-corrected chi connectivity index (χ0v) is 8.38. The Kier molecular flexibility index (Phi) is 11.3. The second kappa shape index (κ2) is 11.2. The third-order valence-corrected chi connectivity index (χ3v) is 1.99. The van der Waals surface area contributed by atoms with Crippen molar-refractivity contribution in [1.29, 1.82) is 0 Å². The molecule has 0 rings (SSSR count). The molecule has 3 heteroatoms. The Morgan fingerprint density at radius 3 is 2.25 bits per heavy atom. The SMILES string of the molecule is FCCCNCCCCCCCl. The molecular weight excluding hydrogens is 177 g/mol. The maximum Gasteiger partial charge on any atom is 0.0906 e. The van der Waals surface area contributed by atoms with Crippen LogP contribution in [0, 0.1) is 0 Å². The molecule has 1 nitrogen and oxygen atoms in total. The summed E-state index contributed by atoms with van der Waals surface area (Å²) in [6, 6.07) is 0. The Balaban J connectivity index is 2.73. The second-order valence-corrected chi connectivity index (χ2v) is 3.27. The molecule has 0 aromatic carbocycles. The van der Waals surface area contributed by atoms with Crippen LogP contribution in [0.15, 0.2) is 0 Å². The van der Waals surface area contributed by atoms with Crippen LogP contribution in [0.5, 0.6) is 0 Å². The fourth-order valence-electron chi connectivity index (χ4n) is 1.01.